The summed E-state index contributed by atoms with van der Waals surface area (Å²) in [4.78, 5) is 12.1. The van der Waals surface area contributed by atoms with Crippen molar-refractivity contribution in [1.82, 2.24) is 25.2 Å². The lowest BCUT2D eigenvalue weighted by atomic mass is 10.1. The number of rotatable bonds is 5. The van der Waals surface area contributed by atoms with Crippen LogP contribution in [0.2, 0.25) is 0 Å². The van der Waals surface area contributed by atoms with Gasteiger partial charge in [-0.05, 0) is 42.3 Å². The SMILES string of the molecule is CN=C(NCCc1c[nH]c2ccc(F)cc12)NCc1nc2ccccc2n1C.I. The van der Waals surface area contributed by atoms with Crippen LogP contribution < -0.4 is 10.6 Å². The molecule has 6 nitrogen and oxygen atoms in total. The van der Waals surface area contributed by atoms with Gasteiger partial charge in [0.2, 0.25) is 0 Å². The smallest absolute Gasteiger partial charge is 0.191 e. The van der Waals surface area contributed by atoms with Crippen LogP contribution in [0.1, 0.15) is 11.4 Å². The third kappa shape index (κ3) is 4.52. The summed E-state index contributed by atoms with van der Waals surface area (Å²) in [6.07, 6.45) is 2.69. The fourth-order valence-electron chi connectivity index (χ4n) is 3.41. The van der Waals surface area contributed by atoms with Gasteiger partial charge in [0.05, 0.1) is 17.6 Å². The lowest BCUT2D eigenvalue weighted by Crippen LogP contribution is -2.38. The molecule has 0 amide bonds. The standard InChI is InChI=1S/C21H23FN6.HI/c1-23-21(26-13-20-27-18-5-3-4-6-19(18)28(20)2)24-10-9-14-12-25-17-8-7-15(22)11-16(14)17;/h3-8,11-12,25H,9-10,13H2,1-2H3,(H2,23,24,26);1H. The zero-order valence-corrected chi connectivity index (χ0v) is 18.7. The molecule has 3 N–H and O–H groups in total. The van der Waals surface area contributed by atoms with Crippen molar-refractivity contribution in [2.75, 3.05) is 13.6 Å². The number of guanidine groups is 1. The monoisotopic (exact) mass is 506 g/mol. The highest BCUT2D eigenvalue weighted by molar-refractivity contribution is 14.0. The Morgan fingerprint density at radius 3 is 2.83 bits per heavy atom. The van der Waals surface area contributed by atoms with E-state index in [1.165, 1.54) is 6.07 Å². The van der Waals surface area contributed by atoms with Gasteiger partial charge < -0.3 is 20.2 Å². The molecule has 8 heteroatoms. The minimum absolute atomic E-state index is 0. The molecular formula is C21H24FIN6. The minimum Gasteiger partial charge on any atom is -0.361 e. The summed E-state index contributed by atoms with van der Waals surface area (Å²) in [5, 5.41) is 7.53. The van der Waals surface area contributed by atoms with Gasteiger partial charge in [-0.3, -0.25) is 4.99 Å². The number of aromatic nitrogens is 3. The fraction of sp³-hybridized carbons (Fsp3) is 0.238. The van der Waals surface area contributed by atoms with E-state index < -0.39 is 0 Å². The molecule has 2 heterocycles. The average Bonchev–Trinajstić information content (AvgIpc) is 3.25. The van der Waals surface area contributed by atoms with Gasteiger partial charge in [0.25, 0.3) is 0 Å². The Morgan fingerprint density at radius 1 is 1.21 bits per heavy atom. The Kier molecular flexibility index (Phi) is 6.73. The van der Waals surface area contributed by atoms with Gasteiger partial charge in [-0.1, -0.05) is 12.1 Å². The number of nitrogens with zero attached hydrogens (tertiary/aromatic N) is 3. The largest absolute Gasteiger partial charge is 0.361 e. The predicted molar refractivity (Wildman–Crippen MR) is 126 cm³/mol. The normalized spacial score (nSPS) is 11.6. The van der Waals surface area contributed by atoms with Crippen molar-refractivity contribution in [3.63, 3.8) is 0 Å². The van der Waals surface area contributed by atoms with Gasteiger partial charge >= 0.3 is 0 Å². The summed E-state index contributed by atoms with van der Waals surface area (Å²) in [5.74, 6) is 1.43. The molecule has 0 unspecified atom stereocenters. The molecule has 0 fully saturated rings. The number of H-pyrrole nitrogens is 1. The lowest BCUT2D eigenvalue weighted by molar-refractivity contribution is 0.629. The molecule has 0 saturated heterocycles. The van der Waals surface area contributed by atoms with E-state index in [1.807, 2.05) is 31.4 Å². The minimum atomic E-state index is -0.221. The molecule has 0 aliphatic heterocycles. The van der Waals surface area contributed by atoms with Crippen molar-refractivity contribution in [2.45, 2.75) is 13.0 Å². The van der Waals surface area contributed by atoms with Gasteiger partial charge in [-0.2, -0.15) is 0 Å². The summed E-state index contributed by atoms with van der Waals surface area (Å²) in [6.45, 7) is 1.26. The zero-order chi connectivity index (χ0) is 19.5. The van der Waals surface area contributed by atoms with E-state index in [1.54, 1.807) is 19.2 Å². The van der Waals surface area contributed by atoms with Gasteiger partial charge in [0.1, 0.15) is 11.6 Å². The van der Waals surface area contributed by atoms with Crippen molar-refractivity contribution in [3.8, 4) is 0 Å². The highest BCUT2D eigenvalue weighted by Crippen LogP contribution is 2.19. The first-order valence-electron chi connectivity index (χ1n) is 9.26. The second-order valence-corrected chi connectivity index (χ2v) is 6.68. The van der Waals surface area contributed by atoms with Crippen LogP contribution in [-0.2, 0) is 20.0 Å². The van der Waals surface area contributed by atoms with Crippen LogP contribution >= 0.6 is 24.0 Å². The number of nitrogens with one attached hydrogen (secondary N) is 3. The first-order chi connectivity index (χ1) is 13.7. The average molecular weight is 506 g/mol. The molecule has 4 aromatic rings. The molecule has 0 saturated carbocycles. The highest BCUT2D eigenvalue weighted by Gasteiger charge is 2.08. The molecule has 152 valence electrons. The number of hydrogen-bond donors (Lipinski definition) is 3. The van der Waals surface area contributed by atoms with Gasteiger partial charge in [0.15, 0.2) is 5.96 Å². The first kappa shape index (κ1) is 21.1. The number of para-hydroxylation sites is 2. The topological polar surface area (TPSA) is 70.0 Å². The Balaban J connectivity index is 0.00000240. The maximum atomic E-state index is 13.5. The first-order valence-corrected chi connectivity index (χ1v) is 9.26. The van der Waals surface area contributed by atoms with Crippen molar-refractivity contribution >= 4 is 51.9 Å². The van der Waals surface area contributed by atoms with Gasteiger partial charge in [-0.15, -0.1) is 24.0 Å². The van der Waals surface area contributed by atoms with Crippen LogP contribution in [0.5, 0.6) is 0 Å². The summed E-state index contributed by atoms with van der Waals surface area (Å²) in [6, 6.07) is 12.9. The quantitative estimate of drug-likeness (QED) is 0.220. The second-order valence-electron chi connectivity index (χ2n) is 6.68. The summed E-state index contributed by atoms with van der Waals surface area (Å²) in [5.41, 5.74) is 4.11. The third-order valence-electron chi connectivity index (χ3n) is 4.93. The molecule has 2 aromatic carbocycles. The van der Waals surface area contributed by atoms with Crippen molar-refractivity contribution in [2.24, 2.45) is 12.0 Å². The van der Waals surface area contributed by atoms with E-state index in [0.717, 1.165) is 39.7 Å². The lowest BCUT2D eigenvalue weighted by Gasteiger charge is -2.11. The number of aryl methyl sites for hydroxylation is 1. The molecule has 0 spiro atoms. The van der Waals surface area contributed by atoms with E-state index in [4.69, 9.17) is 0 Å². The number of halogens is 2. The van der Waals surface area contributed by atoms with Crippen molar-refractivity contribution in [3.05, 3.63) is 65.9 Å². The van der Waals surface area contributed by atoms with Crippen LogP contribution in [0.25, 0.3) is 21.9 Å². The highest BCUT2D eigenvalue weighted by atomic mass is 127. The number of hydrogen-bond acceptors (Lipinski definition) is 2. The molecule has 0 bridgehead atoms. The fourth-order valence-corrected chi connectivity index (χ4v) is 3.41. The van der Waals surface area contributed by atoms with Crippen LogP contribution in [0.3, 0.4) is 0 Å². The Bertz CT molecular complexity index is 1150. The number of benzene rings is 2. The molecule has 0 aliphatic rings. The molecule has 0 aliphatic carbocycles. The van der Waals surface area contributed by atoms with Crippen LogP contribution in [-0.4, -0.2) is 34.1 Å². The van der Waals surface area contributed by atoms with E-state index in [0.29, 0.717) is 19.0 Å². The maximum Gasteiger partial charge on any atom is 0.191 e. The van der Waals surface area contributed by atoms with Gasteiger partial charge in [-0.25, -0.2) is 9.37 Å². The predicted octanol–water partition coefficient (Wildman–Crippen LogP) is 3.72. The number of fused-ring (bicyclic) bond motifs is 2. The van der Waals surface area contributed by atoms with E-state index in [-0.39, 0.29) is 29.8 Å². The summed E-state index contributed by atoms with van der Waals surface area (Å²) >= 11 is 0. The zero-order valence-electron chi connectivity index (χ0n) is 16.4. The van der Waals surface area contributed by atoms with Crippen LogP contribution in [0, 0.1) is 5.82 Å². The van der Waals surface area contributed by atoms with Crippen LogP contribution in [0.4, 0.5) is 4.39 Å². The number of imidazole rings is 1. The van der Waals surface area contributed by atoms with Gasteiger partial charge in [0, 0.05) is 37.7 Å². The number of aliphatic imine (C=N–C) groups is 1. The third-order valence-corrected chi connectivity index (χ3v) is 4.93. The Labute approximate surface area is 185 Å². The molecular weight excluding hydrogens is 482 g/mol. The van der Waals surface area contributed by atoms with Crippen molar-refractivity contribution < 1.29 is 4.39 Å². The summed E-state index contributed by atoms with van der Waals surface area (Å²) in [7, 11) is 3.75. The van der Waals surface area contributed by atoms with E-state index in [9.17, 15) is 4.39 Å². The molecule has 0 radical (unpaired) electrons. The molecule has 29 heavy (non-hydrogen) atoms. The Hall–Kier alpha value is -2.62. The van der Waals surface area contributed by atoms with Crippen LogP contribution in [0.15, 0.2) is 53.7 Å². The molecule has 4 rings (SSSR count). The molecule has 0 atom stereocenters. The Morgan fingerprint density at radius 2 is 2.03 bits per heavy atom. The summed E-state index contributed by atoms with van der Waals surface area (Å²) < 4.78 is 15.6. The van der Waals surface area contributed by atoms with E-state index in [2.05, 4.69) is 36.2 Å². The second kappa shape index (κ2) is 9.25. The number of aromatic amines is 1. The molecule has 2 aromatic heterocycles. The van der Waals surface area contributed by atoms with Crippen molar-refractivity contribution in [1.29, 1.82) is 0 Å². The maximum absolute atomic E-state index is 13.5. The van der Waals surface area contributed by atoms with E-state index >= 15 is 0 Å².